The number of carbonyl (C=O) groups excluding carboxylic acids is 1. The number of carbonyl (C=O) groups is 1. The first kappa shape index (κ1) is 15.4. The van der Waals surface area contributed by atoms with Gasteiger partial charge in [0.25, 0.3) is 0 Å². The number of ketones is 1. The number of hydrogen-bond donors (Lipinski definition) is 0. The van der Waals surface area contributed by atoms with Gasteiger partial charge < -0.3 is 0 Å². The van der Waals surface area contributed by atoms with Crippen molar-refractivity contribution in [3.63, 3.8) is 0 Å². The van der Waals surface area contributed by atoms with E-state index in [2.05, 4.69) is 0 Å². The molecule has 0 heterocycles. The molecule has 0 atom stereocenters. The second-order valence-corrected chi connectivity index (χ2v) is 5.95. The Balaban J connectivity index is 1.96. The molecule has 0 saturated carbocycles. The molecule has 1 nitrogen and oxygen atoms in total. The van der Waals surface area contributed by atoms with Crippen LogP contribution in [0.25, 0.3) is 0 Å². The van der Waals surface area contributed by atoms with Gasteiger partial charge in [0.1, 0.15) is 11.6 Å². The third-order valence-electron chi connectivity index (χ3n) is 2.64. The van der Waals surface area contributed by atoms with E-state index in [-0.39, 0.29) is 23.0 Å². The Kier molecular flexibility index (Phi) is 5.46. The molecule has 0 aromatic heterocycles. The molecule has 0 N–H and O–H groups in total. The zero-order valence-electron chi connectivity index (χ0n) is 10.4. The lowest BCUT2D eigenvalue weighted by Crippen LogP contribution is -2.06. The largest absolute Gasteiger partial charge is 0.298 e. The Morgan fingerprint density at radius 1 is 1.10 bits per heavy atom. The molecule has 0 radical (unpaired) electrons. The van der Waals surface area contributed by atoms with Crippen molar-refractivity contribution in [2.45, 2.75) is 11.3 Å². The van der Waals surface area contributed by atoms with Crippen molar-refractivity contribution in [1.82, 2.24) is 0 Å². The topological polar surface area (TPSA) is 17.1 Å². The first-order valence-corrected chi connectivity index (χ1v) is 7.64. The fourth-order valence-electron chi connectivity index (χ4n) is 1.67. The molecule has 104 valence electrons. The Morgan fingerprint density at radius 3 is 2.60 bits per heavy atom. The molecule has 0 fully saturated rings. The fourth-order valence-corrected chi connectivity index (χ4v) is 2.96. The van der Waals surface area contributed by atoms with E-state index >= 15 is 0 Å². The maximum Gasteiger partial charge on any atom is 0.147 e. The molecular formula is C15H11Cl2FOS. The van der Waals surface area contributed by atoms with Crippen molar-refractivity contribution in [2.75, 3.05) is 5.75 Å². The summed E-state index contributed by atoms with van der Waals surface area (Å²) in [7, 11) is 0. The van der Waals surface area contributed by atoms with Gasteiger partial charge in [-0.05, 0) is 23.8 Å². The van der Waals surface area contributed by atoms with Crippen LogP contribution in [0.2, 0.25) is 10.0 Å². The number of rotatable bonds is 5. The van der Waals surface area contributed by atoms with Crippen LogP contribution < -0.4 is 0 Å². The lowest BCUT2D eigenvalue weighted by Gasteiger charge is -2.05. The van der Waals surface area contributed by atoms with Crippen molar-refractivity contribution in [2.24, 2.45) is 0 Å². The summed E-state index contributed by atoms with van der Waals surface area (Å²) in [5.74, 6) is -0.255. The van der Waals surface area contributed by atoms with Crippen LogP contribution in [0, 0.1) is 5.82 Å². The highest BCUT2D eigenvalue weighted by molar-refractivity contribution is 8.00. The van der Waals surface area contributed by atoms with Crippen LogP contribution in [0.4, 0.5) is 4.39 Å². The second kappa shape index (κ2) is 7.11. The third kappa shape index (κ3) is 3.98. The number of Topliss-reactive ketones (excluding diaryl/α,β-unsaturated/α-hetero) is 1. The number of halogens is 3. The van der Waals surface area contributed by atoms with Crippen molar-refractivity contribution < 1.29 is 9.18 Å². The van der Waals surface area contributed by atoms with E-state index in [1.807, 2.05) is 18.2 Å². The minimum absolute atomic E-state index is 0.0172. The van der Waals surface area contributed by atoms with E-state index in [9.17, 15) is 9.18 Å². The van der Waals surface area contributed by atoms with Gasteiger partial charge in [0.2, 0.25) is 0 Å². The maximum absolute atomic E-state index is 13.3. The van der Waals surface area contributed by atoms with Gasteiger partial charge in [-0.3, -0.25) is 4.79 Å². The zero-order valence-corrected chi connectivity index (χ0v) is 12.7. The van der Waals surface area contributed by atoms with Crippen molar-refractivity contribution in [3.8, 4) is 0 Å². The lowest BCUT2D eigenvalue weighted by atomic mass is 10.1. The minimum atomic E-state index is -0.504. The Bertz CT molecular complexity index is 631. The van der Waals surface area contributed by atoms with Gasteiger partial charge in [-0.1, -0.05) is 47.5 Å². The lowest BCUT2D eigenvalue weighted by molar-refractivity contribution is -0.116. The Labute approximate surface area is 131 Å². The molecule has 5 heteroatoms. The van der Waals surface area contributed by atoms with E-state index in [4.69, 9.17) is 23.2 Å². The van der Waals surface area contributed by atoms with Crippen molar-refractivity contribution in [3.05, 3.63) is 63.9 Å². The van der Waals surface area contributed by atoms with Crippen LogP contribution >= 0.6 is 35.0 Å². The first-order chi connectivity index (χ1) is 9.58. The predicted molar refractivity (Wildman–Crippen MR) is 82.3 cm³/mol. The quantitative estimate of drug-likeness (QED) is 0.715. The second-order valence-electron chi connectivity index (χ2n) is 4.15. The molecule has 2 aromatic rings. The molecular weight excluding hydrogens is 318 g/mol. The van der Waals surface area contributed by atoms with E-state index in [1.54, 1.807) is 18.2 Å². The summed E-state index contributed by atoms with van der Waals surface area (Å²) >= 11 is 13.2. The number of thioether (sulfide) groups is 1. The number of hydrogen-bond acceptors (Lipinski definition) is 2. The predicted octanol–water partition coefficient (Wildman–Crippen LogP) is 5.04. The summed E-state index contributed by atoms with van der Waals surface area (Å²) in [5, 5.41) is 0.637. The molecule has 2 aromatic carbocycles. The molecule has 20 heavy (non-hydrogen) atoms. The summed E-state index contributed by atoms with van der Waals surface area (Å²) in [6.07, 6.45) is 0.119. The maximum atomic E-state index is 13.3. The highest BCUT2D eigenvalue weighted by Crippen LogP contribution is 2.27. The van der Waals surface area contributed by atoms with Gasteiger partial charge in [-0.25, -0.2) is 4.39 Å². The monoisotopic (exact) mass is 328 g/mol. The summed E-state index contributed by atoms with van der Waals surface area (Å²) in [4.78, 5) is 12.8. The van der Waals surface area contributed by atoms with Gasteiger partial charge >= 0.3 is 0 Å². The van der Waals surface area contributed by atoms with Crippen LogP contribution in [0.1, 0.15) is 5.56 Å². The average Bonchev–Trinajstić information content (AvgIpc) is 2.43. The van der Waals surface area contributed by atoms with Crippen LogP contribution in [0.15, 0.2) is 47.4 Å². The van der Waals surface area contributed by atoms with E-state index in [0.29, 0.717) is 10.6 Å². The molecule has 2 rings (SSSR count). The smallest absolute Gasteiger partial charge is 0.147 e. The van der Waals surface area contributed by atoms with Crippen LogP contribution in [-0.2, 0) is 11.2 Å². The van der Waals surface area contributed by atoms with Gasteiger partial charge in [0.15, 0.2) is 0 Å². The van der Waals surface area contributed by atoms with E-state index in [1.165, 1.54) is 17.8 Å². The summed E-state index contributed by atoms with van der Waals surface area (Å²) < 4.78 is 13.3. The van der Waals surface area contributed by atoms with Crippen molar-refractivity contribution in [1.29, 1.82) is 0 Å². The van der Waals surface area contributed by atoms with Gasteiger partial charge in [-0.15, -0.1) is 11.8 Å². The Hall–Kier alpha value is -1.03. The molecule has 0 amide bonds. The zero-order chi connectivity index (χ0) is 14.5. The molecule has 0 unspecified atom stereocenters. The summed E-state index contributed by atoms with van der Waals surface area (Å²) in [6, 6.07) is 11.8. The van der Waals surface area contributed by atoms with Gasteiger partial charge in [-0.2, -0.15) is 0 Å². The third-order valence-corrected chi connectivity index (χ3v) is 4.64. The molecule has 0 aliphatic heterocycles. The van der Waals surface area contributed by atoms with E-state index < -0.39 is 5.82 Å². The molecule has 0 saturated heterocycles. The molecule has 0 bridgehead atoms. The van der Waals surface area contributed by atoms with Crippen molar-refractivity contribution >= 4 is 40.7 Å². The first-order valence-electron chi connectivity index (χ1n) is 5.90. The molecule has 0 spiro atoms. The van der Waals surface area contributed by atoms with Crippen LogP contribution in [-0.4, -0.2) is 11.5 Å². The normalized spacial score (nSPS) is 10.6. The average molecular weight is 329 g/mol. The highest BCUT2D eigenvalue weighted by Gasteiger charge is 2.11. The Morgan fingerprint density at radius 2 is 1.85 bits per heavy atom. The van der Waals surface area contributed by atoms with Gasteiger partial charge in [0, 0.05) is 11.3 Å². The van der Waals surface area contributed by atoms with E-state index in [0.717, 1.165) is 4.90 Å². The number of benzene rings is 2. The van der Waals surface area contributed by atoms with Crippen LogP contribution in [0.3, 0.4) is 0 Å². The van der Waals surface area contributed by atoms with Gasteiger partial charge in [0.05, 0.1) is 15.8 Å². The fraction of sp³-hybridized carbons (Fsp3) is 0.133. The molecule has 0 aliphatic rings. The summed E-state index contributed by atoms with van der Waals surface area (Å²) in [6.45, 7) is 0. The SMILES string of the molecule is O=C(CSc1ccccc1Cl)Cc1cccc(F)c1Cl. The highest BCUT2D eigenvalue weighted by atomic mass is 35.5. The minimum Gasteiger partial charge on any atom is -0.298 e. The molecule has 0 aliphatic carbocycles. The van der Waals surface area contributed by atoms with Crippen LogP contribution in [0.5, 0.6) is 0 Å². The standard InChI is InChI=1S/C15H11Cl2FOS/c16-12-5-1-2-7-14(12)20-9-11(19)8-10-4-3-6-13(18)15(10)17/h1-7H,8-9H2. The summed E-state index contributed by atoms with van der Waals surface area (Å²) in [5.41, 5.74) is 0.511.